The number of ether oxygens (including phenoxy) is 4. The van der Waals surface area contributed by atoms with Gasteiger partial charge in [0, 0.05) is 25.7 Å². The van der Waals surface area contributed by atoms with Crippen molar-refractivity contribution in [3.8, 4) is 0 Å². The molecule has 0 aromatic carbocycles. The van der Waals surface area contributed by atoms with Crippen LogP contribution >= 0.6 is 15.6 Å². The highest BCUT2D eigenvalue weighted by molar-refractivity contribution is 7.47. The maximum atomic E-state index is 13.0. The lowest BCUT2D eigenvalue weighted by Gasteiger charge is -2.21. The van der Waals surface area contributed by atoms with E-state index in [2.05, 4.69) is 48.5 Å². The van der Waals surface area contributed by atoms with E-state index >= 15 is 0 Å². The van der Waals surface area contributed by atoms with Gasteiger partial charge in [-0.1, -0.05) is 299 Å². The number of carbonyl (C=O) groups excluding carboxylic acids is 4. The van der Waals surface area contributed by atoms with Crippen molar-refractivity contribution in [1.29, 1.82) is 0 Å². The van der Waals surface area contributed by atoms with E-state index in [9.17, 15) is 43.2 Å². The van der Waals surface area contributed by atoms with Crippen LogP contribution in [-0.4, -0.2) is 96.7 Å². The molecule has 0 saturated heterocycles. The fourth-order valence-corrected chi connectivity index (χ4v) is 12.1. The normalized spacial score (nSPS) is 14.2. The first kappa shape index (κ1) is 87.1. The molecule has 17 nitrogen and oxygen atoms in total. The Morgan fingerprint density at radius 1 is 0.303 bits per heavy atom. The standard InChI is InChI=1S/C70H136O17P2/c1-8-9-10-34-44-51-67(72)80-57-65(86-70(75)54-47-40-33-27-21-24-30-37-43-50-63(6)7)59-84-88(76,77)82-55-64(71)56-83-89(78,79)85-60-66(58-81-68(73)52-45-38-31-25-20-19-23-29-36-42-49-62(4)5)87-69(74)53-46-39-32-26-18-16-14-12-11-13-15-17-22-28-35-41-48-61(2)3/h61-66,71H,8-60H2,1-7H3,(H,76,77)(H,78,79)/t64-,65+,66+/m0/s1. The Kier molecular flexibility index (Phi) is 59.6. The lowest BCUT2D eigenvalue weighted by Crippen LogP contribution is -2.30. The third-order valence-corrected chi connectivity index (χ3v) is 18.0. The zero-order chi connectivity index (χ0) is 65.9. The van der Waals surface area contributed by atoms with Crippen molar-refractivity contribution < 1.29 is 80.2 Å². The van der Waals surface area contributed by atoms with Crippen LogP contribution in [0.1, 0.15) is 350 Å². The van der Waals surface area contributed by atoms with Gasteiger partial charge in [-0.05, 0) is 43.4 Å². The minimum atomic E-state index is -4.95. The van der Waals surface area contributed by atoms with E-state index < -0.39 is 97.5 Å². The van der Waals surface area contributed by atoms with Crippen molar-refractivity contribution in [3.63, 3.8) is 0 Å². The Hall–Kier alpha value is -1.94. The van der Waals surface area contributed by atoms with Crippen LogP contribution in [0.15, 0.2) is 0 Å². The second kappa shape index (κ2) is 61.0. The highest BCUT2D eigenvalue weighted by atomic mass is 31.2. The minimum absolute atomic E-state index is 0.104. The van der Waals surface area contributed by atoms with Crippen LogP contribution in [0.4, 0.5) is 0 Å². The Bertz CT molecular complexity index is 1750. The molecule has 0 radical (unpaired) electrons. The first-order valence-electron chi connectivity index (χ1n) is 36.3. The lowest BCUT2D eigenvalue weighted by atomic mass is 10.0. The molecule has 3 N–H and O–H groups in total. The summed E-state index contributed by atoms with van der Waals surface area (Å²) in [5, 5.41) is 10.6. The van der Waals surface area contributed by atoms with Crippen LogP contribution in [-0.2, 0) is 65.4 Å². The van der Waals surface area contributed by atoms with Crippen LogP contribution in [0.5, 0.6) is 0 Å². The summed E-state index contributed by atoms with van der Waals surface area (Å²) in [6, 6.07) is 0. The first-order chi connectivity index (χ1) is 42.7. The molecule has 0 aliphatic heterocycles. The fraction of sp³-hybridized carbons (Fsp3) is 0.943. The summed E-state index contributed by atoms with van der Waals surface area (Å²) in [4.78, 5) is 72.3. The molecule has 0 aliphatic carbocycles. The molecule has 0 aliphatic rings. The molecule has 0 fully saturated rings. The Morgan fingerprint density at radius 3 is 0.764 bits per heavy atom. The van der Waals surface area contributed by atoms with Gasteiger partial charge in [-0.25, -0.2) is 9.13 Å². The van der Waals surface area contributed by atoms with E-state index in [1.54, 1.807) is 0 Å². The fourth-order valence-electron chi connectivity index (χ4n) is 10.5. The third-order valence-electron chi connectivity index (χ3n) is 16.1. The van der Waals surface area contributed by atoms with E-state index in [1.165, 1.54) is 154 Å². The molecule has 0 rings (SSSR count). The van der Waals surface area contributed by atoms with Crippen LogP contribution in [0, 0.1) is 17.8 Å². The summed E-state index contributed by atoms with van der Waals surface area (Å²) in [6.07, 6.45) is 44.9. The average molecular weight is 1310 g/mol. The quantitative estimate of drug-likeness (QED) is 0.0222. The van der Waals surface area contributed by atoms with Crippen LogP contribution in [0.2, 0.25) is 0 Å². The van der Waals surface area contributed by atoms with Gasteiger partial charge in [0.1, 0.15) is 19.3 Å². The second-order valence-electron chi connectivity index (χ2n) is 26.7. The molecule has 0 spiro atoms. The molecule has 0 bridgehead atoms. The Balaban J connectivity index is 5.15. The summed E-state index contributed by atoms with van der Waals surface area (Å²) in [7, 11) is -9.89. The van der Waals surface area contributed by atoms with Gasteiger partial charge in [-0.2, -0.15) is 0 Å². The van der Waals surface area contributed by atoms with Gasteiger partial charge in [0.25, 0.3) is 0 Å². The van der Waals surface area contributed by atoms with Crippen molar-refractivity contribution in [3.05, 3.63) is 0 Å². The molecule has 0 heterocycles. The van der Waals surface area contributed by atoms with Gasteiger partial charge in [0.15, 0.2) is 12.2 Å². The highest BCUT2D eigenvalue weighted by Crippen LogP contribution is 2.45. The first-order valence-corrected chi connectivity index (χ1v) is 39.3. The molecule has 0 saturated carbocycles. The minimum Gasteiger partial charge on any atom is -0.462 e. The highest BCUT2D eigenvalue weighted by Gasteiger charge is 2.30. The number of aliphatic hydroxyl groups is 1. The molecule has 5 atom stereocenters. The summed E-state index contributed by atoms with van der Waals surface area (Å²) in [6.45, 7) is 11.8. The number of carbonyl (C=O) groups is 4. The lowest BCUT2D eigenvalue weighted by molar-refractivity contribution is -0.161. The van der Waals surface area contributed by atoms with Gasteiger partial charge < -0.3 is 33.8 Å². The van der Waals surface area contributed by atoms with Gasteiger partial charge in [0.2, 0.25) is 0 Å². The number of rotatable bonds is 68. The molecule has 19 heteroatoms. The molecule has 2 unspecified atom stereocenters. The SMILES string of the molecule is CCCCCCCC(=O)OC[C@H](COP(=O)(O)OC[C@H](O)COP(=O)(O)OC[C@@H](COC(=O)CCCCCCCCCCCCC(C)C)OC(=O)CCCCCCCCCCCCCCCCCCC(C)C)OC(=O)CCCCCCCCCCCC(C)C. The van der Waals surface area contributed by atoms with Gasteiger partial charge in [0.05, 0.1) is 26.4 Å². The molecule has 0 amide bonds. The zero-order valence-corrected chi connectivity index (χ0v) is 59.7. The molecule has 89 heavy (non-hydrogen) atoms. The average Bonchev–Trinajstić information content (AvgIpc) is 3.69. The Morgan fingerprint density at radius 2 is 0.517 bits per heavy atom. The maximum absolute atomic E-state index is 13.0. The number of phosphoric ester groups is 2. The summed E-state index contributed by atoms with van der Waals surface area (Å²) in [5.74, 6) is 0.167. The van der Waals surface area contributed by atoms with Crippen molar-refractivity contribution in [2.24, 2.45) is 17.8 Å². The van der Waals surface area contributed by atoms with E-state index in [-0.39, 0.29) is 25.7 Å². The van der Waals surface area contributed by atoms with Crippen molar-refractivity contribution >= 4 is 39.5 Å². The molecular weight excluding hydrogens is 1170 g/mol. The van der Waals surface area contributed by atoms with Gasteiger partial charge in [-0.15, -0.1) is 0 Å². The predicted molar refractivity (Wildman–Crippen MR) is 358 cm³/mol. The monoisotopic (exact) mass is 1310 g/mol. The smallest absolute Gasteiger partial charge is 0.462 e. The van der Waals surface area contributed by atoms with Gasteiger partial charge >= 0.3 is 39.5 Å². The number of hydrogen-bond acceptors (Lipinski definition) is 15. The maximum Gasteiger partial charge on any atom is 0.472 e. The number of hydrogen-bond donors (Lipinski definition) is 3. The second-order valence-corrected chi connectivity index (χ2v) is 29.6. The predicted octanol–water partition coefficient (Wildman–Crippen LogP) is 19.8. The van der Waals surface area contributed by atoms with E-state index in [0.717, 1.165) is 114 Å². The summed E-state index contributed by atoms with van der Waals surface area (Å²) >= 11 is 0. The number of aliphatic hydroxyl groups excluding tert-OH is 1. The molecule has 0 aromatic rings. The molecule has 528 valence electrons. The van der Waals surface area contributed by atoms with Crippen LogP contribution in [0.25, 0.3) is 0 Å². The number of unbranched alkanes of at least 4 members (excludes halogenated alkanes) is 36. The van der Waals surface area contributed by atoms with E-state index in [0.29, 0.717) is 25.7 Å². The van der Waals surface area contributed by atoms with Crippen LogP contribution < -0.4 is 0 Å². The van der Waals surface area contributed by atoms with E-state index in [4.69, 9.17) is 37.0 Å². The van der Waals surface area contributed by atoms with Crippen molar-refractivity contribution in [1.82, 2.24) is 0 Å². The molecular formula is C70H136O17P2. The van der Waals surface area contributed by atoms with Gasteiger partial charge in [-0.3, -0.25) is 37.3 Å². The van der Waals surface area contributed by atoms with Crippen LogP contribution in [0.3, 0.4) is 0 Å². The number of phosphoric acid groups is 2. The van der Waals surface area contributed by atoms with Crippen molar-refractivity contribution in [2.45, 2.75) is 369 Å². The zero-order valence-electron chi connectivity index (χ0n) is 57.9. The Labute approximate surface area is 543 Å². The number of esters is 4. The largest absolute Gasteiger partial charge is 0.472 e. The van der Waals surface area contributed by atoms with Crippen molar-refractivity contribution in [2.75, 3.05) is 39.6 Å². The summed E-state index contributed by atoms with van der Waals surface area (Å²) < 4.78 is 68.1. The molecule has 0 aromatic heterocycles. The third kappa shape index (κ3) is 64.6. The summed E-state index contributed by atoms with van der Waals surface area (Å²) in [5.41, 5.74) is 0. The van der Waals surface area contributed by atoms with E-state index in [1.807, 2.05) is 0 Å². The topological polar surface area (TPSA) is 237 Å².